The van der Waals surface area contributed by atoms with E-state index >= 15 is 0 Å². The van der Waals surface area contributed by atoms with E-state index in [4.69, 9.17) is 16.3 Å². The molecule has 8 nitrogen and oxygen atoms in total. The van der Waals surface area contributed by atoms with E-state index in [0.29, 0.717) is 10.8 Å². The molecule has 11 heteroatoms. The molecule has 0 fully saturated rings. The summed E-state index contributed by atoms with van der Waals surface area (Å²) in [7, 11) is -4.08. The van der Waals surface area contributed by atoms with Crippen molar-refractivity contribution in [3.8, 4) is 11.5 Å². The number of sulfonamides is 1. The summed E-state index contributed by atoms with van der Waals surface area (Å²) < 4.78 is 33.3. The molecule has 3 rings (SSSR count). The topological polar surface area (TPSA) is 110 Å². The van der Waals surface area contributed by atoms with Crippen molar-refractivity contribution < 1.29 is 17.9 Å². The minimum absolute atomic E-state index is 0.0935. The Morgan fingerprint density at radius 1 is 1.14 bits per heavy atom. The number of aromatic nitrogens is 2. The summed E-state index contributed by atoms with van der Waals surface area (Å²) in [5, 5.41) is 10.3. The first-order valence-corrected chi connectivity index (χ1v) is 11.1. The third kappa shape index (κ3) is 5.43. The van der Waals surface area contributed by atoms with E-state index in [2.05, 4.69) is 20.2 Å². The molecule has 0 unspecified atom stereocenters. The lowest BCUT2D eigenvalue weighted by molar-refractivity contribution is -0.118. The van der Waals surface area contributed by atoms with Crippen molar-refractivity contribution in [1.82, 2.24) is 10.2 Å². The summed E-state index contributed by atoms with van der Waals surface area (Å²) in [6.45, 7) is 3.42. The number of hydrogen-bond donors (Lipinski definition) is 2. The Balaban J connectivity index is 1.84. The van der Waals surface area contributed by atoms with Crippen LogP contribution in [0.25, 0.3) is 0 Å². The standard InChI is InChI=1S/C18H17ClN4O4S2/c1-11(2)16(24)20-17-21-22-18(28-17)29(25,26)23-14-10-12(19)8-9-15(14)27-13-6-4-3-5-7-13/h3-11,23H,1-2H3,(H,20,21,24). The van der Waals surface area contributed by atoms with Crippen LogP contribution in [0.4, 0.5) is 10.8 Å². The minimum Gasteiger partial charge on any atom is -0.455 e. The van der Waals surface area contributed by atoms with Gasteiger partial charge in [0.2, 0.25) is 11.0 Å². The Labute approximate surface area is 176 Å². The zero-order valence-corrected chi connectivity index (χ0v) is 17.8. The first-order chi connectivity index (χ1) is 13.7. The van der Waals surface area contributed by atoms with Crippen molar-refractivity contribution in [3.63, 3.8) is 0 Å². The third-order valence-corrected chi connectivity index (χ3v) is 6.35. The van der Waals surface area contributed by atoms with Crippen LogP contribution in [0.1, 0.15) is 13.8 Å². The summed E-state index contributed by atoms with van der Waals surface area (Å²) >= 11 is 6.76. The zero-order valence-electron chi connectivity index (χ0n) is 15.4. The highest BCUT2D eigenvalue weighted by Crippen LogP contribution is 2.34. The highest BCUT2D eigenvalue weighted by Gasteiger charge is 2.23. The molecule has 29 heavy (non-hydrogen) atoms. The number of nitrogens with zero attached hydrogens (tertiary/aromatic N) is 2. The Bertz CT molecular complexity index is 1120. The van der Waals surface area contributed by atoms with Crippen molar-refractivity contribution in [2.75, 3.05) is 10.0 Å². The molecular weight excluding hydrogens is 436 g/mol. The highest BCUT2D eigenvalue weighted by molar-refractivity contribution is 7.94. The number of nitrogens with one attached hydrogen (secondary N) is 2. The monoisotopic (exact) mass is 452 g/mol. The average molecular weight is 453 g/mol. The zero-order chi connectivity index (χ0) is 21.0. The minimum atomic E-state index is -4.08. The molecule has 0 aliphatic carbocycles. The first-order valence-electron chi connectivity index (χ1n) is 8.44. The predicted molar refractivity (Wildman–Crippen MR) is 112 cm³/mol. The maximum absolute atomic E-state index is 12.7. The molecule has 1 amide bonds. The number of ether oxygens (including phenoxy) is 1. The van der Waals surface area contributed by atoms with Gasteiger partial charge in [-0.1, -0.05) is 55.0 Å². The van der Waals surface area contributed by atoms with E-state index in [-0.39, 0.29) is 32.7 Å². The second-order valence-electron chi connectivity index (χ2n) is 6.18. The molecule has 0 saturated carbocycles. The van der Waals surface area contributed by atoms with E-state index in [1.54, 1.807) is 50.2 Å². The van der Waals surface area contributed by atoms with Gasteiger partial charge < -0.3 is 10.1 Å². The molecule has 0 radical (unpaired) electrons. The van der Waals surface area contributed by atoms with E-state index in [1.165, 1.54) is 6.07 Å². The van der Waals surface area contributed by atoms with Crippen LogP contribution in [0.3, 0.4) is 0 Å². The number of hydrogen-bond acceptors (Lipinski definition) is 7. The van der Waals surface area contributed by atoms with Crippen LogP contribution >= 0.6 is 22.9 Å². The fourth-order valence-electron chi connectivity index (χ4n) is 2.09. The molecule has 0 aliphatic heterocycles. The Hall–Kier alpha value is -2.69. The molecule has 0 aliphatic rings. The second kappa shape index (κ2) is 8.76. The number of carbonyl (C=O) groups is 1. The lowest BCUT2D eigenvalue weighted by Gasteiger charge is -2.12. The quantitative estimate of drug-likeness (QED) is 0.515. The van der Waals surface area contributed by atoms with Crippen molar-refractivity contribution in [1.29, 1.82) is 0 Å². The first kappa shape index (κ1) is 21.0. The van der Waals surface area contributed by atoms with Crippen LogP contribution in [0, 0.1) is 5.92 Å². The summed E-state index contributed by atoms with van der Waals surface area (Å²) in [4.78, 5) is 11.7. The van der Waals surface area contributed by atoms with E-state index < -0.39 is 10.0 Å². The Morgan fingerprint density at radius 3 is 2.55 bits per heavy atom. The van der Waals surface area contributed by atoms with Gasteiger partial charge in [0.25, 0.3) is 14.4 Å². The lowest BCUT2D eigenvalue weighted by Crippen LogP contribution is -2.17. The van der Waals surface area contributed by atoms with Gasteiger partial charge in [-0.15, -0.1) is 10.2 Å². The van der Waals surface area contributed by atoms with Crippen molar-refractivity contribution in [2.45, 2.75) is 18.2 Å². The van der Waals surface area contributed by atoms with Crippen LogP contribution in [0.5, 0.6) is 11.5 Å². The van der Waals surface area contributed by atoms with Crippen LogP contribution in [-0.2, 0) is 14.8 Å². The van der Waals surface area contributed by atoms with Gasteiger partial charge in [0.05, 0.1) is 5.69 Å². The van der Waals surface area contributed by atoms with Gasteiger partial charge in [-0.3, -0.25) is 9.52 Å². The number of carbonyl (C=O) groups excluding carboxylic acids is 1. The fourth-order valence-corrected chi connectivity index (χ4v) is 4.23. The molecule has 1 heterocycles. The molecule has 3 aromatic rings. The maximum Gasteiger partial charge on any atom is 0.291 e. The highest BCUT2D eigenvalue weighted by atomic mass is 35.5. The Kier molecular flexibility index (Phi) is 6.36. The van der Waals surface area contributed by atoms with Gasteiger partial charge in [0, 0.05) is 10.9 Å². The lowest BCUT2D eigenvalue weighted by atomic mass is 10.2. The molecule has 0 atom stereocenters. The number of halogens is 1. The summed E-state index contributed by atoms with van der Waals surface area (Å²) in [5.41, 5.74) is 0.143. The number of rotatable bonds is 7. The molecule has 2 N–H and O–H groups in total. The number of amides is 1. The number of para-hydroxylation sites is 1. The average Bonchev–Trinajstić information content (AvgIpc) is 3.14. The summed E-state index contributed by atoms with van der Waals surface area (Å²) in [6.07, 6.45) is 0. The third-order valence-electron chi connectivity index (χ3n) is 3.55. The van der Waals surface area contributed by atoms with E-state index in [0.717, 1.165) is 11.3 Å². The van der Waals surface area contributed by atoms with Crippen LogP contribution < -0.4 is 14.8 Å². The second-order valence-corrected chi connectivity index (χ2v) is 9.45. The fraction of sp³-hybridized carbons (Fsp3) is 0.167. The summed E-state index contributed by atoms with van der Waals surface area (Å²) in [6, 6.07) is 13.5. The van der Waals surface area contributed by atoms with E-state index in [1.807, 2.05) is 6.07 Å². The van der Waals surface area contributed by atoms with Crippen LogP contribution in [-0.4, -0.2) is 24.5 Å². The largest absolute Gasteiger partial charge is 0.455 e. The van der Waals surface area contributed by atoms with Crippen molar-refractivity contribution in [3.05, 3.63) is 53.6 Å². The van der Waals surface area contributed by atoms with Crippen molar-refractivity contribution >= 4 is 49.7 Å². The van der Waals surface area contributed by atoms with Crippen molar-refractivity contribution in [2.24, 2.45) is 5.92 Å². The SMILES string of the molecule is CC(C)C(=O)Nc1nnc(S(=O)(=O)Nc2cc(Cl)ccc2Oc2ccccc2)s1. The molecule has 1 aromatic heterocycles. The van der Waals surface area contributed by atoms with Crippen LogP contribution in [0.15, 0.2) is 52.9 Å². The van der Waals surface area contributed by atoms with Gasteiger partial charge in [-0.2, -0.15) is 8.42 Å². The van der Waals surface area contributed by atoms with Gasteiger partial charge >= 0.3 is 0 Å². The molecule has 152 valence electrons. The Morgan fingerprint density at radius 2 is 1.86 bits per heavy atom. The van der Waals surface area contributed by atoms with E-state index in [9.17, 15) is 13.2 Å². The molecule has 2 aromatic carbocycles. The smallest absolute Gasteiger partial charge is 0.291 e. The summed E-state index contributed by atoms with van der Waals surface area (Å²) in [5.74, 6) is 0.236. The molecule has 0 bridgehead atoms. The van der Waals surface area contributed by atoms with Gasteiger partial charge in [0.15, 0.2) is 5.75 Å². The van der Waals surface area contributed by atoms with Gasteiger partial charge in [-0.05, 0) is 30.3 Å². The predicted octanol–water partition coefficient (Wildman–Crippen LogP) is 4.38. The normalized spacial score (nSPS) is 11.3. The number of benzene rings is 2. The molecule has 0 saturated heterocycles. The van der Waals surface area contributed by atoms with Crippen LogP contribution in [0.2, 0.25) is 5.02 Å². The molecule has 0 spiro atoms. The van der Waals surface area contributed by atoms with Gasteiger partial charge in [-0.25, -0.2) is 0 Å². The molecular formula is C18H17ClN4O4S2. The maximum atomic E-state index is 12.7. The number of anilines is 2. The van der Waals surface area contributed by atoms with Gasteiger partial charge in [0.1, 0.15) is 5.75 Å².